The Kier molecular flexibility index (Phi) is 8.23. The van der Waals surface area contributed by atoms with Gasteiger partial charge in [0.1, 0.15) is 6.54 Å². The number of amides is 1. The van der Waals surface area contributed by atoms with Crippen LogP contribution >= 0.6 is 15.9 Å². The second-order valence-electron chi connectivity index (χ2n) is 4.60. The van der Waals surface area contributed by atoms with E-state index in [1.807, 2.05) is 54.9 Å². The Hall–Kier alpha value is -1.20. The van der Waals surface area contributed by atoms with Gasteiger partial charge >= 0.3 is 0 Å². The topological polar surface area (TPSA) is 33.0 Å². The molecule has 0 aliphatic rings. The molecule has 1 N–H and O–H groups in total. The summed E-state index contributed by atoms with van der Waals surface area (Å²) in [5.41, 5.74) is 0.829. The van der Waals surface area contributed by atoms with Gasteiger partial charge in [0.25, 0.3) is 0 Å². The molecule has 21 heavy (non-hydrogen) atoms. The van der Waals surface area contributed by atoms with E-state index < -0.39 is 0 Å². The number of carbonyl (C=O) groups is 1. The first-order valence-electron chi connectivity index (χ1n) is 6.74. The number of unbranched alkanes of at least 4 members (excludes halogenated alkanes) is 1. The Morgan fingerprint density at radius 1 is 1.05 bits per heavy atom. The van der Waals surface area contributed by atoms with Crippen molar-refractivity contribution in [3.8, 4) is 0 Å². The van der Waals surface area contributed by atoms with Crippen molar-refractivity contribution in [2.75, 3.05) is 5.32 Å². The number of hydrogen-bond donors (Lipinski definition) is 1. The molecule has 1 heterocycles. The molecular weight excluding hydrogens is 396 g/mol. The number of aromatic nitrogens is 1. The van der Waals surface area contributed by atoms with Crippen LogP contribution < -0.4 is 26.9 Å². The summed E-state index contributed by atoms with van der Waals surface area (Å²) in [4.78, 5) is 11.8. The average molecular weight is 414 g/mol. The van der Waals surface area contributed by atoms with Crippen LogP contribution in [0.15, 0.2) is 59.3 Å². The summed E-state index contributed by atoms with van der Waals surface area (Å²) >= 11 is 3.42. The van der Waals surface area contributed by atoms with Crippen molar-refractivity contribution >= 4 is 27.5 Å². The number of aryl methyl sites for hydroxylation is 1. The molecule has 1 aromatic carbocycles. The Balaban J connectivity index is 0.00000220. The molecule has 0 unspecified atom stereocenters. The highest BCUT2D eigenvalue weighted by molar-refractivity contribution is 9.10. The maximum absolute atomic E-state index is 11.8. The van der Waals surface area contributed by atoms with Gasteiger partial charge in [0, 0.05) is 29.4 Å². The maximum Gasteiger partial charge on any atom is 0.224 e. The predicted octanol–water partition coefficient (Wildman–Crippen LogP) is 0.550. The number of carbonyl (C=O) groups excluding carboxylic acids is 1. The highest BCUT2D eigenvalue weighted by atomic mass is 79.9. The fourth-order valence-electron chi connectivity index (χ4n) is 1.94. The molecule has 0 fully saturated rings. The molecule has 2 rings (SSSR count). The van der Waals surface area contributed by atoms with Crippen LogP contribution in [0.1, 0.15) is 19.3 Å². The summed E-state index contributed by atoms with van der Waals surface area (Å²) < 4.78 is 3.04. The third-order valence-corrected chi connectivity index (χ3v) is 3.69. The molecule has 0 spiro atoms. The normalized spacial score (nSPS) is 9.76. The average Bonchev–Trinajstić information content (AvgIpc) is 2.47. The number of anilines is 1. The van der Waals surface area contributed by atoms with Crippen molar-refractivity contribution in [2.24, 2.45) is 0 Å². The molecule has 0 aliphatic carbocycles. The minimum absolute atomic E-state index is 0. The van der Waals surface area contributed by atoms with Gasteiger partial charge in [0.2, 0.25) is 5.91 Å². The molecule has 1 amide bonds. The van der Waals surface area contributed by atoms with Crippen molar-refractivity contribution in [1.82, 2.24) is 0 Å². The van der Waals surface area contributed by atoms with E-state index in [0.29, 0.717) is 6.42 Å². The van der Waals surface area contributed by atoms with Crippen molar-refractivity contribution in [2.45, 2.75) is 25.8 Å². The van der Waals surface area contributed by atoms with Crippen molar-refractivity contribution < 1.29 is 26.3 Å². The number of benzene rings is 1. The fraction of sp³-hybridized carbons (Fsp3) is 0.250. The number of halogens is 2. The zero-order chi connectivity index (χ0) is 14.2. The summed E-state index contributed by atoms with van der Waals surface area (Å²) in [6, 6.07) is 13.7. The number of nitrogens with one attached hydrogen (secondary N) is 1. The minimum atomic E-state index is 0. The van der Waals surface area contributed by atoms with Gasteiger partial charge in [-0.2, -0.15) is 0 Å². The molecule has 3 nitrogen and oxygen atoms in total. The fourth-order valence-corrected chi connectivity index (χ4v) is 2.32. The molecule has 0 radical (unpaired) electrons. The molecule has 2 aromatic rings. The van der Waals surface area contributed by atoms with Crippen molar-refractivity contribution in [3.05, 3.63) is 59.3 Å². The maximum atomic E-state index is 11.8. The van der Waals surface area contributed by atoms with Gasteiger partial charge in [-0.25, -0.2) is 4.57 Å². The molecule has 0 atom stereocenters. The van der Waals surface area contributed by atoms with Gasteiger partial charge in [-0.05, 0) is 34.5 Å². The Morgan fingerprint density at radius 2 is 1.76 bits per heavy atom. The van der Waals surface area contributed by atoms with Gasteiger partial charge in [0.15, 0.2) is 12.4 Å². The quantitative estimate of drug-likeness (QED) is 0.544. The summed E-state index contributed by atoms with van der Waals surface area (Å²) in [5.74, 6) is 0.0648. The third kappa shape index (κ3) is 6.40. The van der Waals surface area contributed by atoms with Crippen LogP contribution in [0.3, 0.4) is 0 Å². The number of pyridine rings is 1. The van der Waals surface area contributed by atoms with Gasteiger partial charge in [-0.15, -0.1) is 0 Å². The van der Waals surface area contributed by atoms with Crippen LogP contribution in [-0.2, 0) is 11.3 Å². The Morgan fingerprint density at radius 3 is 2.48 bits per heavy atom. The lowest BCUT2D eigenvalue weighted by Crippen LogP contribution is -3.00. The van der Waals surface area contributed by atoms with E-state index in [1.165, 1.54) is 0 Å². The minimum Gasteiger partial charge on any atom is -1.00 e. The van der Waals surface area contributed by atoms with Crippen LogP contribution in [0, 0.1) is 0 Å². The Labute approximate surface area is 144 Å². The number of hydrogen-bond acceptors (Lipinski definition) is 1. The lowest BCUT2D eigenvalue weighted by molar-refractivity contribution is -0.697. The smallest absolute Gasteiger partial charge is 0.224 e. The molecule has 112 valence electrons. The molecule has 0 saturated heterocycles. The molecule has 0 aliphatic heterocycles. The number of nitrogens with zero attached hydrogens (tertiary/aromatic N) is 1. The van der Waals surface area contributed by atoms with E-state index in [4.69, 9.17) is 0 Å². The van der Waals surface area contributed by atoms with Crippen LogP contribution in [-0.4, -0.2) is 5.91 Å². The van der Waals surface area contributed by atoms with Crippen LogP contribution in [0.2, 0.25) is 0 Å². The standard InChI is InChI=1S/C16H17BrN2O.BrH/c17-14-8-2-3-9-15(14)18-16(20)10-4-7-13-19-11-5-1-6-12-19;/h1-3,5-6,8-9,11-12H,4,7,10,13H2;1H. The van der Waals surface area contributed by atoms with Crippen molar-refractivity contribution in [1.29, 1.82) is 0 Å². The summed E-state index contributed by atoms with van der Waals surface area (Å²) in [7, 11) is 0. The van der Waals surface area contributed by atoms with Gasteiger partial charge in [0.05, 0.1) is 5.69 Å². The Bertz CT molecular complexity index is 561. The zero-order valence-corrected chi connectivity index (χ0v) is 14.8. The van der Waals surface area contributed by atoms with E-state index in [0.717, 1.165) is 29.5 Å². The molecule has 5 heteroatoms. The van der Waals surface area contributed by atoms with E-state index in [9.17, 15) is 4.79 Å². The second kappa shape index (κ2) is 9.68. The van der Waals surface area contributed by atoms with E-state index in [-0.39, 0.29) is 22.9 Å². The molecule has 0 saturated carbocycles. The lowest BCUT2D eigenvalue weighted by Gasteiger charge is -2.06. The second-order valence-corrected chi connectivity index (χ2v) is 5.45. The summed E-state index contributed by atoms with van der Waals surface area (Å²) in [6.07, 6.45) is 6.52. The van der Waals surface area contributed by atoms with Crippen LogP contribution in [0.25, 0.3) is 0 Å². The van der Waals surface area contributed by atoms with E-state index in [1.54, 1.807) is 0 Å². The zero-order valence-electron chi connectivity index (χ0n) is 11.6. The molecular formula is C16H18Br2N2O. The highest BCUT2D eigenvalue weighted by Gasteiger charge is 2.05. The van der Waals surface area contributed by atoms with Crippen LogP contribution in [0.5, 0.6) is 0 Å². The SMILES string of the molecule is O=C(CCCC[n+]1ccccc1)Nc1ccccc1Br.[Br-]. The highest BCUT2D eigenvalue weighted by Crippen LogP contribution is 2.21. The van der Waals surface area contributed by atoms with Gasteiger partial charge < -0.3 is 22.3 Å². The summed E-state index contributed by atoms with van der Waals surface area (Å²) in [6.45, 7) is 0.948. The first kappa shape index (κ1) is 17.9. The molecule has 1 aromatic heterocycles. The largest absolute Gasteiger partial charge is 1.00 e. The van der Waals surface area contributed by atoms with Crippen molar-refractivity contribution in [3.63, 3.8) is 0 Å². The van der Waals surface area contributed by atoms with Gasteiger partial charge in [-0.1, -0.05) is 18.2 Å². The van der Waals surface area contributed by atoms with E-state index >= 15 is 0 Å². The third-order valence-electron chi connectivity index (χ3n) is 3.00. The lowest BCUT2D eigenvalue weighted by atomic mass is 10.2. The first-order valence-corrected chi connectivity index (χ1v) is 7.53. The van der Waals surface area contributed by atoms with E-state index in [2.05, 4.69) is 25.8 Å². The monoisotopic (exact) mass is 412 g/mol. The van der Waals surface area contributed by atoms with Gasteiger partial charge in [-0.3, -0.25) is 4.79 Å². The molecule has 0 bridgehead atoms. The summed E-state index contributed by atoms with van der Waals surface area (Å²) in [5, 5.41) is 2.92. The number of rotatable bonds is 6. The number of para-hydroxylation sites is 1. The predicted molar refractivity (Wildman–Crippen MR) is 83.3 cm³/mol. The first-order chi connectivity index (χ1) is 9.75. The van der Waals surface area contributed by atoms with Crippen LogP contribution in [0.4, 0.5) is 5.69 Å².